The molecule has 0 saturated carbocycles. The summed E-state index contributed by atoms with van der Waals surface area (Å²) in [7, 11) is 0. The zero-order chi connectivity index (χ0) is 17.5. The number of phenols is 1. The summed E-state index contributed by atoms with van der Waals surface area (Å²) in [6, 6.07) is 16.6. The fourth-order valence-electron chi connectivity index (χ4n) is 2.74. The summed E-state index contributed by atoms with van der Waals surface area (Å²) < 4.78 is 0. The Morgan fingerprint density at radius 1 is 1.17 bits per heavy atom. The first-order valence-electron chi connectivity index (χ1n) is 8.52. The van der Waals surface area contributed by atoms with E-state index in [1.54, 1.807) is 6.07 Å². The molecule has 2 unspecified atom stereocenters. The number of nitrogens with one attached hydrogen (secondary N) is 1. The Labute approximate surface area is 145 Å². The summed E-state index contributed by atoms with van der Waals surface area (Å²) in [6.07, 6.45) is 2.19. The third-order valence-electron chi connectivity index (χ3n) is 4.42. The molecule has 3 heteroatoms. The van der Waals surface area contributed by atoms with Crippen molar-refractivity contribution >= 4 is 5.70 Å². The zero-order valence-corrected chi connectivity index (χ0v) is 14.6. The lowest BCUT2D eigenvalue weighted by atomic mass is 9.97. The van der Waals surface area contributed by atoms with Gasteiger partial charge in [-0.2, -0.15) is 0 Å². The van der Waals surface area contributed by atoms with Crippen LogP contribution in [0.4, 0.5) is 0 Å². The Kier molecular flexibility index (Phi) is 6.44. The van der Waals surface area contributed by atoms with Crippen LogP contribution < -0.4 is 11.1 Å². The first-order chi connectivity index (χ1) is 11.5. The average molecular weight is 324 g/mol. The van der Waals surface area contributed by atoms with Crippen LogP contribution in [0, 0.1) is 0 Å². The quantitative estimate of drug-likeness (QED) is 0.687. The van der Waals surface area contributed by atoms with Crippen molar-refractivity contribution in [1.29, 1.82) is 0 Å². The van der Waals surface area contributed by atoms with E-state index >= 15 is 0 Å². The Hall–Kier alpha value is -2.26. The van der Waals surface area contributed by atoms with Crippen molar-refractivity contribution in [2.75, 3.05) is 6.54 Å². The molecule has 128 valence electrons. The summed E-state index contributed by atoms with van der Waals surface area (Å²) in [5.74, 6) is 0.519. The van der Waals surface area contributed by atoms with Crippen LogP contribution in [-0.4, -0.2) is 17.7 Å². The van der Waals surface area contributed by atoms with Crippen LogP contribution in [0.5, 0.6) is 5.75 Å². The molecule has 0 aromatic heterocycles. The Morgan fingerprint density at radius 3 is 2.54 bits per heavy atom. The molecule has 0 heterocycles. The molecule has 0 spiro atoms. The minimum Gasteiger partial charge on any atom is -0.507 e. The highest BCUT2D eigenvalue weighted by atomic mass is 16.3. The Bertz CT molecular complexity index is 667. The maximum Gasteiger partial charge on any atom is 0.124 e. The highest BCUT2D eigenvalue weighted by Crippen LogP contribution is 2.26. The van der Waals surface area contributed by atoms with Crippen molar-refractivity contribution < 1.29 is 5.11 Å². The molecule has 2 aromatic rings. The Morgan fingerprint density at radius 2 is 1.88 bits per heavy atom. The van der Waals surface area contributed by atoms with Gasteiger partial charge in [-0.15, -0.1) is 0 Å². The number of nitrogens with two attached hydrogens (primary N) is 1. The van der Waals surface area contributed by atoms with E-state index in [1.807, 2.05) is 12.1 Å². The van der Waals surface area contributed by atoms with Gasteiger partial charge in [-0.1, -0.05) is 49.9 Å². The number of aromatic hydroxyl groups is 1. The van der Waals surface area contributed by atoms with Crippen molar-refractivity contribution in [2.24, 2.45) is 5.73 Å². The molecule has 0 aliphatic heterocycles. The van der Waals surface area contributed by atoms with E-state index in [2.05, 4.69) is 56.1 Å². The summed E-state index contributed by atoms with van der Waals surface area (Å²) in [5.41, 5.74) is 9.28. The van der Waals surface area contributed by atoms with Gasteiger partial charge in [-0.3, -0.25) is 0 Å². The molecular weight excluding hydrogens is 296 g/mol. The van der Waals surface area contributed by atoms with Crippen molar-refractivity contribution in [3.05, 3.63) is 71.8 Å². The van der Waals surface area contributed by atoms with Gasteiger partial charge >= 0.3 is 0 Å². The molecule has 0 radical (unpaired) electrons. The van der Waals surface area contributed by atoms with E-state index in [1.165, 1.54) is 5.56 Å². The lowest BCUT2D eigenvalue weighted by Gasteiger charge is -2.19. The smallest absolute Gasteiger partial charge is 0.124 e. The van der Waals surface area contributed by atoms with Crippen molar-refractivity contribution in [3.63, 3.8) is 0 Å². The third-order valence-corrected chi connectivity index (χ3v) is 4.42. The number of rotatable bonds is 8. The highest BCUT2D eigenvalue weighted by molar-refractivity contribution is 5.66. The summed E-state index contributed by atoms with van der Waals surface area (Å²) in [4.78, 5) is 0. The average Bonchev–Trinajstić information content (AvgIpc) is 2.59. The molecular formula is C21H28N2O. The number of benzene rings is 2. The first-order valence-corrected chi connectivity index (χ1v) is 8.52. The molecule has 2 atom stereocenters. The Balaban J connectivity index is 1.85. The predicted molar refractivity (Wildman–Crippen MR) is 102 cm³/mol. The van der Waals surface area contributed by atoms with Gasteiger partial charge in [-0.25, -0.2) is 0 Å². The van der Waals surface area contributed by atoms with E-state index < -0.39 is 0 Å². The van der Waals surface area contributed by atoms with Gasteiger partial charge in [0.15, 0.2) is 0 Å². The summed E-state index contributed by atoms with van der Waals surface area (Å²) in [5, 5.41) is 13.4. The first kappa shape index (κ1) is 18.1. The number of aryl methyl sites for hydroxylation is 1. The van der Waals surface area contributed by atoms with Gasteiger partial charge in [0.2, 0.25) is 0 Å². The van der Waals surface area contributed by atoms with E-state index in [9.17, 15) is 5.11 Å². The summed E-state index contributed by atoms with van der Waals surface area (Å²) in [6.45, 7) is 9.00. The van der Waals surface area contributed by atoms with E-state index in [0.29, 0.717) is 23.2 Å². The van der Waals surface area contributed by atoms with Crippen LogP contribution in [-0.2, 0) is 6.42 Å². The number of hydrogen-bond acceptors (Lipinski definition) is 3. The van der Waals surface area contributed by atoms with Crippen LogP contribution in [0.3, 0.4) is 0 Å². The van der Waals surface area contributed by atoms with Gasteiger partial charge in [0.1, 0.15) is 5.75 Å². The molecule has 2 aromatic carbocycles. The molecule has 0 amide bonds. The highest BCUT2D eigenvalue weighted by Gasteiger charge is 2.11. The number of phenolic OH excluding ortho intramolecular Hbond substituents is 1. The van der Waals surface area contributed by atoms with E-state index in [0.717, 1.165) is 24.9 Å². The predicted octanol–water partition coefficient (Wildman–Crippen LogP) is 4.04. The number of hydrogen-bond donors (Lipinski definition) is 3. The lowest BCUT2D eigenvalue weighted by Crippen LogP contribution is -2.30. The zero-order valence-electron chi connectivity index (χ0n) is 14.6. The van der Waals surface area contributed by atoms with Crippen LogP contribution >= 0.6 is 0 Å². The SMILES string of the molecule is C=C(N)c1cc(C(C)CNC(C)CCc2ccccc2)ccc1O. The van der Waals surface area contributed by atoms with Crippen LogP contribution in [0.25, 0.3) is 5.70 Å². The molecule has 24 heavy (non-hydrogen) atoms. The molecule has 0 bridgehead atoms. The van der Waals surface area contributed by atoms with Gasteiger partial charge in [0.05, 0.1) is 0 Å². The van der Waals surface area contributed by atoms with Crippen molar-refractivity contribution in [3.8, 4) is 5.75 Å². The summed E-state index contributed by atoms with van der Waals surface area (Å²) >= 11 is 0. The second-order valence-electron chi connectivity index (χ2n) is 6.54. The van der Waals surface area contributed by atoms with Crippen LogP contribution in [0.15, 0.2) is 55.1 Å². The molecule has 0 fully saturated rings. The maximum absolute atomic E-state index is 9.83. The lowest BCUT2D eigenvalue weighted by molar-refractivity contribution is 0.471. The van der Waals surface area contributed by atoms with E-state index in [4.69, 9.17) is 5.73 Å². The molecule has 0 saturated heterocycles. The fraction of sp³-hybridized carbons (Fsp3) is 0.333. The third kappa shape index (κ3) is 5.14. The normalized spacial score (nSPS) is 13.4. The minimum absolute atomic E-state index is 0.183. The topological polar surface area (TPSA) is 58.3 Å². The largest absolute Gasteiger partial charge is 0.507 e. The van der Waals surface area contributed by atoms with Gasteiger partial charge in [0.25, 0.3) is 0 Å². The second kappa shape index (κ2) is 8.55. The monoisotopic (exact) mass is 324 g/mol. The van der Waals surface area contributed by atoms with Crippen LogP contribution in [0.2, 0.25) is 0 Å². The van der Waals surface area contributed by atoms with Crippen molar-refractivity contribution in [1.82, 2.24) is 5.32 Å². The molecule has 0 aliphatic rings. The van der Waals surface area contributed by atoms with Crippen LogP contribution in [0.1, 0.15) is 42.9 Å². The molecule has 2 rings (SSSR count). The van der Waals surface area contributed by atoms with Gasteiger partial charge < -0.3 is 16.2 Å². The molecule has 0 aliphatic carbocycles. The maximum atomic E-state index is 9.83. The van der Waals surface area contributed by atoms with Gasteiger partial charge in [-0.05, 0) is 48.9 Å². The molecule has 4 N–H and O–H groups in total. The standard InChI is InChI=1S/C21H28N2O/c1-15(19-11-12-21(24)20(13-19)17(3)22)14-23-16(2)9-10-18-7-5-4-6-8-18/h4-8,11-13,15-16,23-24H,3,9-10,14,22H2,1-2H3. The fourth-order valence-corrected chi connectivity index (χ4v) is 2.74. The van der Waals surface area contributed by atoms with Crippen molar-refractivity contribution in [2.45, 2.75) is 38.6 Å². The second-order valence-corrected chi connectivity index (χ2v) is 6.54. The van der Waals surface area contributed by atoms with E-state index in [-0.39, 0.29) is 5.75 Å². The minimum atomic E-state index is 0.183. The molecule has 3 nitrogen and oxygen atoms in total. The van der Waals surface area contributed by atoms with Gasteiger partial charge in [0, 0.05) is 23.8 Å².